The number of rotatable bonds is 4. The monoisotopic (exact) mass is 271 g/mol. The largest absolute Gasteiger partial charge is 0.345 e. The summed E-state index contributed by atoms with van der Waals surface area (Å²) in [5, 5.41) is 4.01. The number of aromatic nitrogens is 2. The first-order valence-electron chi connectivity index (χ1n) is 6.83. The second kappa shape index (κ2) is 5.45. The molecule has 104 valence electrons. The Morgan fingerprint density at radius 2 is 2.10 bits per heavy atom. The van der Waals surface area contributed by atoms with Crippen LogP contribution in [0.5, 0.6) is 0 Å². The van der Waals surface area contributed by atoms with E-state index in [0.717, 1.165) is 12.8 Å². The maximum atomic E-state index is 11.5. The number of likely N-dealkylation sites (N-methyl/N-ethyl adjacent to an activating group) is 1. The minimum Gasteiger partial charge on any atom is -0.345 e. The first-order valence-corrected chi connectivity index (χ1v) is 6.83. The molecule has 1 aromatic heterocycles. The third-order valence-electron chi connectivity index (χ3n) is 3.65. The molecular weight excluding hydrogens is 254 g/mol. The van der Waals surface area contributed by atoms with Gasteiger partial charge in [-0.25, -0.2) is 0 Å². The average molecular weight is 271 g/mol. The lowest BCUT2D eigenvalue weighted by atomic mass is 10.1. The van der Waals surface area contributed by atoms with Crippen molar-refractivity contribution in [2.75, 3.05) is 13.6 Å². The Labute approximate surface area is 117 Å². The molecule has 2 heterocycles. The van der Waals surface area contributed by atoms with Crippen molar-refractivity contribution >= 4 is 5.91 Å². The third kappa shape index (κ3) is 2.71. The number of hydrogen-bond acceptors (Lipinski definition) is 4. The fourth-order valence-electron chi connectivity index (χ4n) is 2.46. The summed E-state index contributed by atoms with van der Waals surface area (Å²) in [6, 6.07) is 10.2. The first kappa shape index (κ1) is 12.8. The molecule has 0 bridgehead atoms. The third-order valence-corrected chi connectivity index (χ3v) is 3.65. The lowest BCUT2D eigenvalue weighted by Gasteiger charge is -2.05. The van der Waals surface area contributed by atoms with Gasteiger partial charge in [0.25, 0.3) is 0 Å². The normalized spacial score (nSPS) is 18.8. The van der Waals surface area contributed by atoms with E-state index < -0.39 is 0 Å². The van der Waals surface area contributed by atoms with Gasteiger partial charge in [0, 0.05) is 26.4 Å². The molecule has 1 atom stereocenters. The van der Waals surface area contributed by atoms with Crippen molar-refractivity contribution < 1.29 is 9.32 Å². The number of likely N-dealkylation sites (tertiary alicyclic amines) is 1. The molecule has 0 unspecified atom stereocenters. The van der Waals surface area contributed by atoms with Gasteiger partial charge >= 0.3 is 0 Å². The van der Waals surface area contributed by atoms with E-state index in [0.29, 0.717) is 24.7 Å². The molecular formula is C15H17N3O2. The summed E-state index contributed by atoms with van der Waals surface area (Å²) in [4.78, 5) is 17.6. The molecule has 0 aliphatic carbocycles. The van der Waals surface area contributed by atoms with Crippen molar-refractivity contribution in [3.8, 4) is 0 Å². The van der Waals surface area contributed by atoms with E-state index >= 15 is 0 Å². The van der Waals surface area contributed by atoms with Crippen LogP contribution >= 0.6 is 0 Å². The van der Waals surface area contributed by atoms with Gasteiger partial charge in [-0.15, -0.1) is 0 Å². The molecule has 2 aromatic rings. The summed E-state index contributed by atoms with van der Waals surface area (Å²) in [6.45, 7) is 0.666. The summed E-state index contributed by atoms with van der Waals surface area (Å²) < 4.78 is 5.29. The van der Waals surface area contributed by atoms with Gasteiger partial charge in [-0.05, 0) is 12.0 Å². The highest BCUT2D eigenvalue weighted by Crippen LogP contribution is 2.25. The van der Waals surface area contributed by atoms with E-state index in [1.54, 1.807) is 11.9 Å². The Kier molecular flexibility index (Phi) is 3.50. The average Bonchev–Trinajstić information content (AvgIpc) is 3.06. The second-order valence-corrected chi connectivity index (χ2v) is 5.21. The first-order chi connectivity index (χ1) is 9.72. The van der Waals surface area contributed by atoms with E-state index in [1.165, 1.54) is 5.56 Å². The summed E-state index contributed by atoms with van der Waals surface area (Å²) >= 11 is 0. The maximum absolute atomic E-state index is 11.5. The van der Waals surface area contributed by atoms with Gasteiger partial charge < -0.3 is 9.42 Å². The topological polar surface area (TPSA) is 59.2 Å². The van der Waals surface area contributed by atoms with E-state index in [9.17, 15) is 4.79 Å². The van der Waals surface area contributed by atoms with E-state index in [2.05, 4.69) is 22.3 Å². The summed E-state index contributed by atoms with van der Waals surface area (Å²) in [6.07, 6.45) is 2.12. The zero-order valence-corrected chi connectivity index (χ0v) is 11.5. The van der Waals surface area contributed by atoms with E-state index in [-0.39, 0.29) is 11.8 Å². The lowest BCUT2D eigenvalue weighted by molar-refractivity contribution is -0.126. The Morgan fingerprint density at radius 3 is 2.80 bits per heavy atom. The van der Waals surface area contributed by atoms with Gasteiger partial charge in [0.1, 0.15) is 0 Å². The van der Waals surface area contributed by atoms with Gasteiger partial charge in [0.05, 0.1) is 5.92 Å². The van der Waals surface area contributed by atoms with Gasteiger partial charge in [0.2, 0.25) is 11.8 Å². The number of carbonyl (C=O) groups is 1. The van der Waals surface area contributed by atoms with Crippen LogP contribution in [0.4, 0.5) is 0 Å². The standard InChI is InChI=1S/C15H17N3O2/c1-18-10-12(9-14(18)19)15-16-13(17-20-15)8-7-11-5-3-2-4-6-11/h2-6,12H,7-10H2,1H3/t12-/m1/s1. The number of aryl methyl sites for hydroxylation is 2. The summed E-state index contributed by atoms with van der Waals surface area (Å²) in [7, 11) is 1.80. The van der Waals surface area contributed by atoms with Gasteiger partial charge in [-0.3, -0.25) is 4.79 Å². The molecule has 3 rings (SSSR count). The highest BCUT2D eigenvalue weighted by Gasteiger charge is 2.31. The molecule has 0 spiro atoms. The molecule has 1 fully saturated rings. The second-order valence-electron chi connectivity index (χ2n) is 5.21. The zero-order valence-electron chi connectivity index (χ0n) is 11.5. The number of nitrogens with zero attached hydrogens (tertiary/aromatic N) is 3. The minimum atomic E-state index is 0.0467. The Morgan fingerprint density at radius 1 is 1.30 bits per heavy atom. The number of hydrogen-bond donors (Lipinski definition) is 0. The van der Waals surface area contributed by atoms with Crippen molar-refractivity contribution in [2.24, 2.45) is 0 Å². The van der Waals surface area contributed by atoms with Crippen LogP contribution in [-0.2, 0) is 17.6 Å². The lowest BCUT2D eigenvalue weighted by Crippen LogP contribution is -2.18. The zero-order chi connectivity index (χ0) is 13.9. The predicted octanol–water partition coefficient (Wildman–Crippen LogP) is 1.80. The molecule has 1 aliphatic rings. The molecule has 1 aliphatic heterocycles. The van der Waals surface area contributed by atoms with Gasteiger partial charge in [-0.1, -0.05) is 35.5 Å². The number of carbonyl (C=O) groups excluding carboxylic acids is 1. The van der Waals surface area contributed by atoms with Crippen LogP contribution in [0.25, 0.3) is 0 Å². The molecule has 5 heteroatoms. The van der Waals surface area contributed by atoms with Crippen LogP contribution in [0, 0.1) is 0 Å². The van der Waals surface area contributed by atoms with E-state index in [1.807, 2.05) is 18.2 Å². The smallest absolute Gasteiger partial charge is 0.232 e. The SMILES string of the molecule is CN1C[C@H](c2nc(CCc3ccccc3)no2)CC1=O. The predicted molar refractivity (Wildman–Crippen MR) is 73.1 cm³/mol. The van der Waals surface area contributed by atoms with Crippen molar-refractivity contribution in [3.05, 3.63) is 47.6 Å². The summed E-state index contributed by atoms with van der Waals surface area (Å²) in [5.41, 5.74) is 1.26. The molecule has 20 heavy (non-hydrogen) atoms. The van der Waals surface area contributed by atoms with E-state index in [4.69, 9.17) is 4.52 Å². The number of amides is 1. The van der Waals surface area contributed by atoms with Crippen molar-refractivity contribution in [1.29, 1.82) is 0 Å². The fourth-order valence-corrected chi connectivity index (χ4v) is 2.46. The van der Waals surface area contributed by atoms with Crippen molar-refractivity contribution in [3.63, 3.8) is 0 Å². The maximum Gasteiger partial charge on any atom is 0.232 e. The van der Waals surface area contributed by atoms with Crippen LogP contribution in [0.1, 0.15) is 29.6 Å². The minimum absolute atomic E-state index is 0.0467. The molecule has 1 saturated heterocycles. The molecule has 0 N–H and O–H groups in total. The Hall–Kier alpha value is -2.17. The molecule has 1 aromatic carbocycles. The van der Waals surface area contributed by atoms with Gasteiger partial charge in [0.15, 0.2) is 5.82 Å². The highest BCUT2D eigenvalue weighted by atomic mass is 16.5. The van der Waals surface area contributed by atoms with Gasteiger partial charge in [-0.2, -0.15) is 4.98 Å². The molecule has 5 nitrogen and oxygen atoms in total. The molecule has 0 radical (unpaired) electrons. The number of benzene rings is 1. The fraction of sp³-hybridized carbons (Fsp3) is 0.400. The van der Waals surface area contributed by atoms with Crippen molar-refractivity contribution in [2.45, 2.75) is 25.2 Å². The Bertz CT molecular complexity index is 594. The summed E-state index contributed by atoms with van der Waals surface area (Å²) in [5.74, 6) is 1.49. The molecule has 0 saturated carbocycles. The van der Waals surface area contributed by atoms with Crippen LogP contribution in [-0.4, -0.2) is 34.5 Å². The van der Waals surface area contributed by atoms with Crippen LogP contribution < -0.4 is 0 Å². The highest BCUT2D eigenvalue weighted by molar-refractivity contribution is 5.79. The van der Waals surface area contributed by atoms with Crippen LogP contribution in [0.3, 0.4) is 0 Å². The van der Waals surface area contributed by atoms with Crippen LogP contribution in [0.15, 0.2) is 34.9 Å². The molecule has 1 amide bonds. The van der Waals surface area contributed by atoms with Crippen molar-refractivity contribution in [1.82, 2.24) is 15.0 Å². The quantitative estimate of drug-likeness (QED) is 0.850. The Balaban J connectivity index is 1.61. The van der Waals surface area contributed by atoms with Crippen LogP contribution in [0.2, 0.25) is 0 Å².